The second-order valence-electron chi connectivity index (χ2n) is 4.35. The van der Waals surface area contributed by atoms with Crippen LogP contribution in [0.1, 0.15) is 36.5 Å². The van der Waals surface area contributed by atoms with Gasteiger partial charge in [0.2, 0.25) is 0 Å². The molecule has 0 saturated heterocycles. The van der Waals surface area contributed by atoms with Gasteiger partial charge in [-0.15, -0.1) is 11.8 Å². The van der Waals surface area contributed by atoms with E-state index in [9.17, 15) is 14.4 Å². The van der Waals surface area contributed by atoms with Gasteiger partial charge in [-0.3, -0.25) is 14.4 Å². The summed E-state index contributed by atoms with van der Waals surface area (Å²) in [4.78, 5) is 34.3. The Morgan fingerprint density at radius 1 is 1.14 bits per heavy atom. The first kappa shape index (κ1) is 17.2. The second kappa shape index (κ2) is 9.18. The van der Waals surface area contributed by atoms with E-state index in [4.69, 9.17) is 9.84 Å². The molecule has 114 valence electrons. The second-order valence-corrected chi connectivity index (χ2v) is 5.40. The predicted molar refractivity (Wildman–Crippen MR) is 79.6 cm³/mol. The maximum atomic E-state index is 11.7. The van der Waals surface area contributed by atoms with Gasteiger partial charge in [0.05, 0.1) is 18.8 Å². The summed E-state index contributed by atoms with van der Waals surface area (Å²) >= 11 is 1.34. The Kier molecular flexibility index (Phi) is 7.53. The van der Waals surface area contributed by atoms with E-state index in [0.29, 0.717) is 12.2 Å². The quantitative estimate of drug-likeness (QED) is 0.429. The van der Waals surface area contributed by atoms with Crippen molar-refractivity contribution in [1.29, 1.82) is 0 Å². The van der Waals surface area contributed by atoms with Crippen molar-refractivity contribution in [1.82, 2.24) is 0 Å². The van der Waals surface area contributed by atoms with Crippen LogP contribution in [0, 0.1) is 0 Å². The fraction of sp³-hybridized carbons (Fsp3) is 0.400. The number of ether oxygens (including phenoxy) is 1. The van der Waals surface area contributed by atoms with Crippen molar-refractivity contribution >= 4 is 29.5 Å². The minimum Gasteiger partial charge on any atom is -0.481 e. The van der Waals surface area contributed by atoms with Gasteiger partial charge in [-0.1, -0.05) is 19.1 Å². The molecule has 0 spiro atoms. The molecule has 0 heterocycles. The van der Waals surface area contributed by atoms with Crippen molar-refractivity contribution in [2.24, 2.45) is 0 Å². The minimum atomic E-state index is -0.985. The lowest BCUT2D eigenvalue weighted by Crippen LogP contribution is -2.07. The van der Waals surface area contributed by atoms with Gasteiger partial charge in [0.25, 0.3) is 0 Å². The Morgan fingerprint density at radius 3 is 2.38 bits per heavy atom. The van der Waals surface area contributed by atoms with E-state index in [2.05, 4.69) is 0 Å². The van der Waals surface area contributed by atoms with E-state index in [1.807, 2.05) is 6.92 Å². The lowest BCUT2D eigenvalue weighted by Gasteiger charge is -2.04. The standard InChI is InChI=1S/C15H18O5S/c1-2-9-20-15(19)10-21-12-5-3-11(4-6-12)13(16)7-8-14(17)18/h3-6H,2,7-10H2,1H3,(H,17,18). The number of rotatable bonds is 9. The summed E-state index contributed by atoms with van der Waals surface area (Å²) in [7, 11) is 0. The van der Waals surface area contributed by atoms with Crippen molar-refractivity contribution in [3.8, 4) is 0 Å². The average Bonchev–Trinajstić information content (AvgIpc) is 2.49. The number of carboxylic acids is 1. The summed E-state index contributed by atoms with van der Waals surface area (Å²) in [5.41, 5.74) is 0.481. The predicted octanol–water partition coefficient (Wildman–Crippen LogP) is 2.78. The van der Waals surface area contributed by atoms with Gasteiger partial charge in [-0.2, -0.15) is 0 Å². The Hall–Kier alpha value is -1.82. The molecule has 6 heteroatoms. The number of ketones is 1. The van der Waals surface area contributed by atoms with Gasteiger partial charge >= 0.3 is 11.9 Å². The summed E-state index contributed by atoms with van der Waals surface area (Å²) in [6.07, 6.45) is 0.618. The van der Waals surface area contributed by atoms with Crippen molar-refractivity contribution in [3.05, 3.63) is 29.8 Å². The molecule has 21 heavy (non-hydrogen) atoms. The smallest absolute Gasteiger partial charge is 0.316 e. The first-order chi connectivity index (χ1) is 10.0. The number of hydrogen-bond acceptors (Lipinski definition) is 5. The average molecular weight is 310 g/mol. The highest BCUT2D eigenvalue weighted by molar-refractivity contribution is 8.00. The van der Waals surface area contributed by atoms with Crippen LogP contribution in [0.2, 0.25) is 0 Å². The molecule has 0 atom stereocenters. The van der Waals surface area contributed by atoms with Gasteiger partial charge in [-0.25, -0.2) is 0 Å². The number of hydrogen-bond donors (Lipinski definition) is 1. The van der Waals surface area contributed by atoms with E-state index in [-0.39, 0.29) is 30.3 Å². The molecule has 1 aromatic carbocycles. The molecular formula is C15H18O5S. The first-order valence-corrected chi connectivity index (χ1v) is 7.65. The molecule has 0 unspecified atom stereocenters. The molecule has 0 bridgehead atoms. The van der Waals surface area contributed by atoms with Crippen molar-refractivity contribution in [2.75, 3.05) is 12.4 Å². The van der Waals surface area contributed by atoms with Crippen LogP contribution >= 0.6 is 11.8 Å². The van der Waals surface area contributed by atoms with Crippen LogP contribution in [0.25, 0.3) is 0 Å². The number of Topliss-reactive ketones (excluding diaryl/α,β-unsaturated/α-hetero) is 1. The summed E-state index contributed by atoms with van der Waals surface area (Å²) in [5.74, 6) is -1.22. The molecule has 0 saturated carbocycles. The number of benzene rings is 1. The van der Waals surface area contributed by atoms with E-state index < -0.39 is 5.97 Å². The van der Waals surface area contributed by atoms with Crippen molar-refractivity contribution in [2.45, 2.75) is 31.1 Å². The molecule has 0 aliphatic heterocycles. The lowest BCUT2D eigenvalue weighted by atomic mass is 10.1. The molecule has 1 rings (SSSR count). The van der Waals surface area contributed by atoms with E-state index in [0.717, 1.165) is 11.3 Å². The zero-order chi connectivity index (χ0) is 15.7. The van der Waals surface area contributed by atoms with Gasteiger partial charge < -0.3 is 9.84 Å². The zero-order valence-electron chi connectivity index (χ0n) is 11.8. The fourth-order valence-electron chi connectivity index (χ4n) is 1.50. The van der Waals surface area contributed by atoms with Crippen LogP contribution in [-0.2, 0) is 14.3 Å². The molecule has 0 aromatic heterocycles. The number of aliphatic carboxylic acids is 1. The highest BCUT2D eigenvalue weighted by Crippen LogP contribution is 2.19. The number of carbonyl (C=O) groups is 3. The molecule has 0 aliphatic rings. The van der Waals surface area contributed by atoms with Crippen LogP contribution in [0.5, 0.6) is 0 Å². The van der Waals surface area contributed by atoms with Gasteiger partial charge in [0, 0.05) is 16.9 Å². The fourth-order valence-corrected chi connectivity index (χ4v) is 2.20. The SMILES string of the molecule is CCCOC(=O)CSc1ccc(C(=O)CCC(=O)O)cc1. The topological polar surface area (TPSA) is 80.7 Å². The normalized spacial score (nSPS) is 10.1. The monoisotopic (exact) mass is 310 g/mol. The first-order valence-electron chi connectivity index (χ1n) is 6.66. The maximum absolute atomic E-state index is 11.7. The van der Waals surface area contributed by atoms with Crippen LogP contribution in [0.15, 0.2) is 29.2 Å². The third-order valence-electron chi connectivity index (χ3n) is 2.57. The molecule has 1 aromatic rings. The molecular weight excluding hydrogens is 292 g/mol. The Labute approximate surface area is 127 Å². The third-order valence-corrected chi connectivity index (χ3v) is 3.55. The summed E-state index contributed by atoms with van der Waals surface area (Å²) in [6, 6.07) is 6.77. The summed E-state index contributed by atoms with van der Waals surface area (Å²) in [5, 5.41) is 8.54. The highest BCUT2D eigenvalue weighted by Gasteiger charge is 2.09. The number of thioether (sulfide) groups is 1. The molecule has 1 N–H and O–H groups in total. The van der Waals surface area contributed by atoms with E-state index in [1.54, 1.807) is 24.3 Å². The molecule has 0 aliphatic carbocycles. The van der Waals surface area contributed by atoms with E-state index >= 15 is 0 Å². The van der Waals surface area contributed by atoms with Gasteiger partial charge in [0.15, 0.2) is 5.78 Å². The molecule has 0 fully saturated rings. The highest BCUT2D eigenvalue weighted by atomic mass is 32.2. The van der Waals surface area contributed by atoms with Gasteiger partial charge in [0.1, 0.15) is 0 Å². The minimum absolute atomic E-state index is 0.00876. The van der Waals surface area contributed by atoms with Gasteiger partial charge in [-0.05, 0) is 18.6 Å². The third kappa shape index (κ3) is 6.94. The zero-order valence-corrected chi connectivity index (χ0v) is 12.6. The summed E-state index contributed by atoms with van der Waals surface area (Å²) < 4.78 is 4.96. The largest absolute Gasteiger partial charge is 0.481 e. The number of carboxylic acid groups (broad SMARTS) is 1. The Bertz CT molecular complexity index is 495. The van der Waals surface area contributed by atoms with Crippen molar-refractivity contribution in [3.63, 3.8) is 0 Å². The Morgan fingerprint density at radius 2 is 1.81 bits per heavy atom. The van der Waals surface area contributed by atoms with Crippen LogP contribution in [0.3, 0.4) is 0 Å². The van der Waals surface area contributed by atoms with Crippen LogP contribution in [-0.4, -0.2) is 35.2 Å². The molecule has 5 nitrogen and oxygen atoms in total. The number of carbonyl (C=O) groups excluding carboxylic acids is 2. The molecule has 0 amide bonds. The lowest BCUT2D eigenvalue weighted by molar-refractivity contribution is -0.140. The van der Waals surface area contributed by atoms with Crippen molar-refractivity contribution < 1.29 is 24.2 Å². The summed E-state index contributed by atoms with van der Waals surface area (Å²) in [6.45, 7) is 2.36. The molecule has 0 radical (unpaired) electrons. The van der Waals surface area contributed by atoms with Crippen LogP contribution < -0.4 is 0 Å². The van der Waals surface area contributed by atoms with Crippen LogP contribution in [0.4, 0.5) is 0 Å². The Balaban J connectivity index is 2.44. The number of esters is 1. The maximum Gasteiger partial charge on any atom is 0.316 e. The van der Waals surface area contributed by atoms with E-state index in [1.165, 1.54) is 11.8 Å².